The van der Waals surface area contributed by atoms with Gasteiger partial charge in [-0.25, -0.2) is 0 Å². The van der Waals surface area contributed by atoms with Crippen molar-refractivity contribution in [2.24, 2.45) is 0 Å². The lowest BCUT2D eigenvalue weighted by Crippen LogP contribution is -2.17. The number of furan rings is 1. The van der Waals surface area contributed by atoms with Crippen molar-refractivity contribution in [3.63, 3.8) is 0 Å². The van der Waals surface area contributed by atoms with Gasteiger partial charge in [-0.1, -0.05) is 34.1 Å². The zero-order valence-corrected chi connectivity index (χ0v) is 13.9. The molecule has 0 spiro atoms. The Kier molecular flexibility index (Phi) is 4.78. The van der Waals surface area contributed by atoms with Gasteiger partial charge in [0, 0.05) is 29.2 Å². The van der Waals surface area contributed by atoms with Crippen molar-refractivity contribution in [1.82, 2.24) is 10.2 Å². The van der Waals surface area contributed by atoms with Gasteiger partial charge in [0.05, 0.1) is 12.8 Å². The standard InChI is InChI=1S/C17H21BrN2O/c1-20(10-14-4-2-3-5-17(14)18)11-16-8-13(12-21-16)9-19-15-6-7-15/h2-5,8,12,15,19H,6-7,9-11H2,1H3. The summed E-state index contributed by atoms with van der Waals surface area (Å²) in [4.78, 5) is 2.26. The van der Waals surface area contributed by atoms with Crippen LogP contribution >= 0.6 is 15.9 Å². The Morgan fingerprint density at radius 2 is 2.10 bits per heavy atom. The van der Waals surface area contributed by atoms with Gasteiger partial charge in [0.25, 0.3) is 0 Å². The largest absolute Gasteiger partial charge is 0.468 e. The van der Waals surface area contributed by atoms with E-state index in [1.54, 1.807) is 0 Å². The molecule has 2 aromatic rings. The molecule has 1 N–H and O–H groups in total. The molecule has 0 radical (unpaired) electrons. The highest BCUT2D eigenvalue weighted by molar-refractivity contribution is 9.10. The lowest BCUT2D eigenvalue weighted by Gasteiger charge is -2.16. The van der Waals surface area contributed by atoms with Crippen LogP contribution in [0.25, 0.3) is 0 Å². The fourth-order valence-corrected chi connectivity index (χ4v) is 2.80. The summed E-state index contributed by atoms with van der Waals surface area (Å²) >= 11 is 3.60. The van der Waals surface area contributed by atoms with Crippen molar-refractivity contribution in [2.45, 2.75) is 38.5 Å². The van der Waals surface area contributed by atoms with E-state index >= 15 is 0 Å². The predicted molar refractivity (Wildman–Crippen MR) is 87.9 cm³/mol. The number of hydrogen-bond acceptors (Lipinski definition) is 3. The average molecular weight is 349 g/mol. The van der Waals surface area contributed by atoms with Crippen LogP contribution in [0.2, 0.25) is 0 Å². The summed E-state index contributed by atoms with van der Waals surface area (Å²) < 4.78 is 6.82. The number of nitrogens with zero attached hydrogens (tertiary/aromatic N) is 1. The second-order valence-electron chi connectivity index (χ2n) is 5.84. The first-order valence-electron chi connectivity index (χ1n) is 7.42. The summed E-state index contributed by atoms with van der Waals surface area (Å²) in [6.07, 6.45) is 4.51. The van der Waals surface area contributed by atoms with E-state index in [0.717, 1.165) is 35.9 Å². The quantitative estimate of drug-likeness (QED) is 0.821. The lowest BCUT2D eigenvalue weighted by molar-refractivity contribution is 0.287. The highest BCUT2D eigenvalue weighted by Gasteiger charge is 2.20. The zero-order chi connectivity index (χ0) is 14.7. The van der Waals surface area contributed by atoms with Crippen LogP contribution in [0, 0.1) is 0 Å². The van der Waals surface area contributed by atoms with Crippen LogP contribution in [0.15, 0.2) is 45.5 Å². The van der Waals surface area contributed by atoms with Crippen molar-refractivity contribution in [2.75, 3.05) is 7.05 Å². The third kappa shape index (κ3) is 4.43. The fourth-order valence-electron chi connectivity index (χ4n) is 2.39. The van der Waals surface area contributed by atoms with Gasteiger partial charge in [-0.05, 0) is 37.6 Å². The van der Waals surface area contributed by atoms with Gasteiger partial charge in [-0.3, -0.25) is 4.90 Å². The van der Waals surface area contributed by atoms with E-state index in [-0.39, 0.29) is 0 Å². The van der Waals surface area contributed by atoms with E-state index in [2.05, 4.69) is 57.5 Å². The minimum Gasteiger partial charge on any atom is -0.468 e. The molecule has 0 saturated heterocycles. The first-order valence-corrected chi connectivity index (χ1v) is 8.21. The van der Waals surface area contributed by atoms with Crippen molar-refractivity contribution < 1.29 is 4.42 Å². The number of benzene rings is 1. The first-order chi connectivity index (χ1) is 10.2. The maximum Gasteiger partial charge on any atom is 0.118 e. The molecule has 3 nitrogen and oxygen atoms in total. The number of nitrogens with one attached hydrogen (secondary N) is 1. The Balaban J connectivity index is 1.52. The third-order valence-electron chi connectivity index (χ3n) is 3.70. The molecule has 1 saturated carbocycles. The number of rotatable bonds is 7. The summed E-state index contributed by atoms with van der Waals surface area (Å²) in [5.41, 5.74) is 2.54. The Morgan fingerprint density at radius 3 is 2.86 bits per heavy atom. The van der Waals surface area contributed by atoms with Gasteiger partial charge in [-0.15, -0.1) is 0 Å². The SMILES string of the molecule is CN(Cc1cc(CNC2CC2)co1)Cc1ccccc1Br. The van der Waals surface area contributed by atoms with Gasteiger partial charge in [0.1, 0.15) is 5.76 Å². The molecule has 21 heavy (non-hydrogen) atoms. The topological polar surface area (TPSA) is 28.4 Å². The molecular weight excluding hydrogens is 328 g/mol. The van der Waals surface area contributed by atoms with Gasteiger partial charge in [0.15, 0.2) is 0 Å². The molecule has 0 atom stereocenters. The minimum absolute atomic E-state index is 0.737. The number of halogens is 1. The highest BCUT2D eigenvalue weighted by atomic mass is 79.9. The van der Waals surface area contributed by atoms with E-state index < -0.39 is 0 Å². The van der Waals surface area contributed by atoms with Crippen LogP contribution in [0.5, 0.6) is 0 Å². The Labute approximate surface area is 134 Å². The van der Waals surface area contributed by atoms with Crippen LogP contribution in [0.1, 0.15) is 29.7 Å². The summed E-state index contributed by atoms with van der Waals surface area (Å²) in [5.74, 6) is 1.03. The predicted octanol–water partition coefficient (Wildman–Crippen LogP) is 3.93. The molecule has 4 heteroatoms. The second kappa shape index (κ2) is 6.77. The van der Waals surface area contributed by atoms with Crippen LogP contribution in [-0.2, 0) is 19.6 Å². The van der Waals surface area contributed by atoms with Crippen LogP contribution in [0.4, 0.5) is 0 Å². The monoisotopic (exact) mass is 348 g/mol. The third-order valence-corrected chi connectivity index (χ3v) is 4.48. The molecule has 1 aliphatic rings. The molecule has 1 fully saturated rings. The maximum absolute atomic E-state index is 5.66. The van der Waals surface area contributed by atoms with E-state index in [4.69, 9.17) is 4.42 Å². The first kappa shape index (κ1) is 14.8. The van der Waals surface area contributed by atoms with Crippen molar-refractivity contribution >= 4 is 15.9 Å². The molecule has 3 rings (SSSR count). The van der Waals surface area contributed by atoms with Gasteiger partial charge >= 0.3 is 0 Å². The van der Waals surface area contributed by atoms with Crippen LogP contribution in [0.3, 0.4) is 0 Å². The lowest BCUT2D eigenvalue weighted by atomic mass is 10.2. The van der Waals surface area contributed by atoms with Crippen molar-refractivity contribution in [3.8, 4) is 0 Å². The number of hydrogen-bond donors (Lipinski definition) is 1. The summed E-state index contributed by atoms with van der Waals surface area (Å²) in [7, 11) is 2.12. The molecule has 0 aliphatic heterocycles. The molecule has 1 heterocycles. The molecule has 1 aliphatic carbocycles. The van der Waals surface area contributed by atoms with E-state index in [9.17, 15) is 0 Å². The molecule has 0 amide bonds. The fraction of sp³-hybridized carbons (Fsp3) is 0.412. The Morgan fingerprint density at radius 1 is 1.29 bits per heavy atom. The molecule has 1 aromatic heterocycles. The van der Waals surface area contributed by atoms with Gasteiger partial charge in [-0.2, -0.15) is 0 Å². The molecule has 0 unspecified atom stereocenters. The Bertz CT molecular complexity index is 592. The van der Waals surface area contributed by atoms with E-state index in [0.29, 0.717) is 0 Å². The van der Waals surface area contributed by atoms with E-state index in [1.807, 2.05) is 12.3 Å². The second-order valence-corrected chi connectivity index (χ2v) is 6.69. The van der Waals surface area contributed by atoms with Crippen LogP contribution < -0.4 is 5.32 Å². The average Bonchev–Trinajstić information content (AvgIpc) is 3.19. The summed E-state index contributed by atoms with van der Waals surface area (Å²) in [5, 5.41) is 3.51. The maximum atomic E-state index is 5.66. The molecule has 1 aromatic carbocycles. The van der Waals surface area contributed by atoms with Crippen LogP contribution in [-0.4, -0.2) is 18.0 Å². The van der Waals surface area contributed by atoms with Gasteiger partial charge < -0.3 is 9.73 Å². The molecule has 112 valence electrons. The summed E-state index contributed by atoms with van der Waals surface area (Å²) in [6.45, 7) is 2.64. The molecule has 0 bridgehead atoms. The highest BCUT2D eigenvalue weighted by Crippen LogP contribution is 2.21. The smallest absolute Gasteiger partial charge is 0.118 e. The van der Waals surface area contributed by atoms with E-state index in [1.165, 1.54) is 24.0 Å². The minimum atomic E-state index is 0.737. The zero-order valence-electron chi connectivity index (χ0n) is 12.3. The van der Waals surface area contributed by atoms with Crippen molar-refractivity contribution in [1.29, 1.82) is 0 Å². The van der Waals surface area contributed by atoms with Crippen molar-refractivity contribution in [3.05, 3.63) is 58.0 Å². The van der Waals surface area contributed by atoms with Gasteiger partial charge in [0.2, 0.25) is 0 Å². The Hall–Kier alpha value is -1.10. The normalized spacial score (nSPS) is 14.8. The summed E-state index contributed by atoms with van der Waals surface area (Å²) in [6, 6.07) is 11.2. The molecular formula is C17H21BrN2O.